The Labute approximate surface area is 115 Å². The van der Waals surface area contributed by atoms with Gasteiger partial charge in [-0.1, -0.05) is 24.3 Å². The normalized spacial score (nSPS) is 14.8. The van der Waals surface area contributed by atoms with E-state index >= 15 is 0 Å². The molecule has 2 rings (SSSR count). The van der Waals surface area contributed by atoms with Crippen LogP contribution in [0.4, 0.5) is 0 Å². The van der Waals surface area contributed by atoms with Gasteiger partial charge >= 0.3 is 0 Å². The Hall–Kier alpha value is -3.18. The van der Waals surface area contributed by atoms with Crippen molar-refractivity contribution in [2.45, 2.75) is 6.92 Å². The molecule has 0 saturated heterocycles. The molecule has 0 fully saturated rings. The second kappa shape index (κ2) is 5.21. The summed E-state index contributed by atoms with van der Waals surface area (Å²) < 4.78 is 0. The van der Waals surface area contributed by atoms with Gasteiger partial charge in [-0.15, -0.1) is 0 Å². The zero-order valence-electron chi connectivity index (χ0n) is 10.6. The second-order valence-corrected chi connectivity index (χ2v) is 4.09. The summed E-state index contributed by atoms with van der Waals surface area (Å²) in [7, 11) is 0. The average Bonchev–Trinajstić information content (AvgIpc) is 2.70. The molecule has 0 radical (unpaired) electrons. The van der Waals surface area contributed by atoms with Crippen molar-refractivity contribution in [1.29, 1.82) is 10.5 Å². The molecule has 0 aliphatic heterocycles. The predicted molar refractivity (Wildman–Crippen MR) is 72.7 cm³/mol. The van der Waals surface area contributed by atoms with Crippen LogP contribution in [0, 0.1) is 22.7 Å². The van der Waals surface area contributed by atoms with Crippen LogP contribution in [0.5, 0.6) is 0 Å². The third-order valence-corrected chi connectivity index (χ3v) is 2.79. The zero-order chi connectivity index (χ0) is 14.7. The molecule has 0 amide bonds. The van der Waals surface area contributed by atoms with Crippen molar-refractivity contribution >= 4 is 17.3 Å². The SMILES string of the molecule is CC(=CC#N)N=C(C#N)C1=C(O)c2ccccc2C1=O. The molecule has 0 unspecified atom stereocenters. The number of hydrogen-bond donors (Lipinski definition) is 1. The number of benzene rings is 1. The first-order valence-corrected chi connectivity index (χ1v) is 5.73. The van der Waals surface area contributed by atoms with Gasteiger partial charge in [-0.2, -0.15) is 10.5 Å². The van der Waals surface area contributed by atoms with Gasteiger partial charge in [0.2, 0.25) is 0 Å². The summed E-state index contributed by atoms with van der Waals surface area (Å²) in [6.07, 6.45) is 1.15. The number of nitrogens with zero attached hydrogens (tertiary/aromatic N) is 3. The lowest BCUT2D eigenvalue weighted by Crippen LogP contribution is -2.09. The summed E-state index contributed by atoms with van der Waals surface area (Å²) >= 11 is 0. The van der Waals surface area contributed by atoms with E-state index in [1.165, 1.54) is 6.92 Å². The van der Waals surface area contributed by atoms with Crippen LogP contribution < -0.4 is 0 Å². The van der Waals surface area contributed by atoms with Crippen LogP contribution in [-0.2, 0) is 0 Å². The van der Waals surface area contributed by atoms with Crippen molar-refractivity contribution in [2.24, 2.45) is 4.99 Å². The number of hydrogen-bond acceptors (Lipinski definition) is 5. The molecular formula is C15H9N3O2. The summed E-state index contributed by atoms with van der Waals surface area (Å²) in [4.78, 5) is 16.1. The van der Waals surface area contributed by atoms with Crippen LogP contribution in [-0.4, -0.2) is 16.6 Å². The average molecular weight is 263 g/mol. The standard InChI is InChI=1S/C15H9N3O2/c1-9(6-7-16)18-12(8-17)13-14(19)10-4-2-3-5-11(10)15(13)20/h2-6,19H,1H3. The van der Waals surface area contributed by atoms with Crippen LogP contribution in [0.2, 0.25) is 0 Å². The maximum absolute atomic E-state index is 12.2. The van der Waals surface area contributed by atoms with Crippen molar-refractivity contribution < 1.29 is 9.90 Å². The van der Waals surface area contributed by atoms with Gasteiger partial charge in [0.05, 0.1) is 6.07 Å². The molecule has 1 aliphatic rings. The Balaban J connectivity index is 2.58. The quantitative estimate of drug-likeness (QED) is 0.654. The molecular weight excluding hydrogens is 254 g/mol. The number of allylic oxidation sites excluding steroid dienone is 3. The smallest absolute Gasteiger partial charge is 0.200 e. The monoisotopic (exact) mass is 263 g/mol. The van der Waals surface area contributed by atoms with Crippen LogP contribution in [0.1, 0.15) is 22.8 Å². The number of Topliss-reactive ketones (excluding diaryl/α,β-unsaturated/α-hetero) is 1. The van der Waals surface area contributed by atoms with Crippen LogP contribution >= 0.6 is 0 Å². The minimum Gasteiger partial charge on any atom is -0.506 e. The maximum atomic E-state index is 12.2. The number of aliphatic hydroxyl groups excluding tert-OH is 1. The predicted octanol–water partition coefficient (Wildman–Crippen LogP) is 2.54. The molecule has 96 valence electrons. The van der Waals surface area contributed by atoms with Gasteiger partial charge in [0.25, 0.3) is 0 Å². The first-order chi connectivity index (χ1) is 9.60. The number of ketones is 1. The molecule has 0 spiro atoms. The van der Waals surface area contributed by atoms with Gasteiger partial charge in [0.15, 0.2) is 11.5 Å². The van der Waals surface area contributed by atoms with E-state index in [1.807, 2.05) is 0 Å². The Morgan fingerprint density at radius 3 is 2.50 bits per heavy atom. The molecule has 1 aromatic rings. The number of fused-ring (bicyclic) bond motifs is 1. The molecule has 0 heterocycles. The van der Waals surface area contributed by atoms with E-state index < -0.39 is 5.78 Å². The highest BCUT2D eigenvalue weighted by atomic mass is 16.3. The molecule has 0 bridgehead atoms. The molecule has 0 aromatic heterocycles. The number of carbonyl (C=O) groups excluding carboxylic acids is 1. The fourth-order valence-electron chi connectivity index (χ4n) is 1.92. The van der Waals surface area contributed by atoms with Crippen molar-refractivity contribution in [3.05, 3.63) is 52.7 Å². The summed E-state index contributed by atoms with van der Waals surface area (Å²) in [6, 6.07) is 10.1. The van der Waals surface area contributed by atoms with E-state index in [0.717, 1.165) is 6.08 Å². The van der Waals surface area contributed by atoms with Crippen molar-refractivity contribution in [3.8, 4) is 12.1 Å². The highest BCUT2D eigenvalue weighted by Crippen LogP contribution is 2.31. The number of rotatable bonds is 2. The molecule has 5 nitrogen and oxygen atoms in total. The Morgan fingerprint density at radius 1 is 1.30 bits per heavy atom. The highest BCUT2D eigenvalue weighted by Gasteiger charge is 2.32. The first kappa shape index (κ1) is 13.3. The molecule has 1 aromatic carbocycles. The lowest BCUT2D eigenvalue weighted by molar-refractivity contribution is 0.104. The van der Waals surface area contributed by atoms with E-state index in [9.17, 15) is 9.90 Å². The van der Waals surface area contributed by atoms with Gasteiger partial charge < -0.3 is 5.11 Å². The fraction of sp³-hybridized carbons (Fsp3) is 0.0667. The van der Waals surface area contributed by atoms with Crippen LogP contribution in [0.3, 0.4) is 0 Å². The minimum absolute atomic E-state index is 0.126. The van der Waals surface area contributed by atoms with Crippen molar-refractivity contribution in [3.63, 3.8) is 0 Å². The van der Waals surface area contributed by atoms with Crippen LogP contribution in [0.25, 0.3) is 5.76 Å². The highest BCUT2D eigenvalue weighted by molar-refractivity contribution is 6.39. The first-order valence-electron chi connectivity index (χ1n) is 5.73. The molecule has 5 heteroatoms. The zero-order valence-corrected chi connectivity index (χ0v) is 10.6. The Morgan fingerprint density at radius 2 is 1.95 bits per heavy atom. The van der Waals surface area contributed by atoms with Crippen molar-refractivity contribution in [2.75, 3.05) is 0 Å². The summed E-state index contributed by atoms with van der Waals surface area (Å²) in [6.45, 7) is 1.53. The van der Waals surface area contributed by atoms with Gasteiger partial charge in [0.1, 0.15) is 17.4 Å². The molecule has 1 N–H and O–H groups in total. The van der Waals surface area contributed by atoms with E-state index in [0.29, 0.717) is 11.1 Å². The van der Waals surface area contributed by atoms with Gasteiger partial charge in [-0.05, 0) is 6.92 Å². The van der Waals surface area contributed by atoms with Crippen LogP contribution in [0.15, 0.2) is 46.6 Å². The summed E-state index contributed by atoms with van der Waals surface area (Å²) in [5.74, 6) is -0.696. The Bertz CT molecular complexity index is 771. The topological polar surface area (TPSA) is 97.2 Å². The number of aliphatic hydroxyl groups is 1. The maximum Gasteiger partial charge on any atom is 0.200 e. The van der Waals surface area contributed by atoms with E-state index in [1.54, 1.807) is 36.4 Å². The molecule has 0 atom stereocenters. The van der Waals surface area contributed by atoms with Gasteiger partial charge in [-0.25, -0.2) is 4.99 Å². The lowest BCUT2D eigenvalue weighted by atomic mass is 10.1. The number of aliphatic imine (C=N–C) groups is 1. The van der Waals surface area contributed by atoms with Gasteiger partial charge in [-0.3, -0.25) is 4.79 Å². The lowest BCUT2D eigenvalue weighted by Gasteiger charge is -1.99. The minimum atomic E-state index is -0.442. The summed E-state index contributed by atoms with van der Waals surface area (Å²) in [5, 5.41) is 27.8. The fourth-order valence-corrected chi connectivity index (χ4v) is 1.92. The molecule has 1 aliphatic carbocycles. The third-order valence-electron chi connectivity index (χ3n) is 2.79. The molecule has 20 heavy (non-hydrogen) atoms. The summed E-state index contributed by atoms with van der Waals surface area (Å²) in [5.41, 5.74) is 0.683. The van der Waals surface area contributed by atoms with Gasteiger partial charge in [0, 0.05) is 22.9 Å². The van der Waals surface area contributed by atoms with E-state index in [-0.39, 0.29) is 22.7 Å². The number of nitriles is 2. The van der Waals surface area contributed by atoms with E-state index in [4.69, 9.17) is 10.5 Å². The van der Waals surface area contributed by atoms with E-state index in [2.05, 4.69) is 4.99 Å². The second-order valence-electron chi connectivity index (χ2n) is 4.09. The van der Waals surface area contributed by atoms with Crippen molar-refractivity contribution in [1.82, 2.24) is 0 Å². The molecule has 0 saturated carbocycles. The third kappa shape index (κ3) is 2.09. The number of carbonyl (C=O) groups is 1. The Kier molecular flexibility index (Phi) is 3.45. The largest absolute Gasteiger partial charge is 0.506 e.